The van der Waals surface area contributed by atoms with Crippen molar-refractivity contribution in [2.45, 2.75) is 0 Å². The largest absolute Gasteiger partial charge is 0.455 e. The van der Waals surface area contributed by atoms with Gasteiger partial charge >= 0.3 is 0 Å². The van der Waals surface area contributed by atoms with Crippen molar-refractivity contribution >= 4 is 64.2 Å². The molecular formula is C49H29N3OS. The van der Waals surface area contributed by atoms with Crippen molar-refractivity contribution in [3.8, 4) is 56.4 Å². The smallest absolute Gasteiger partial charge is 0.164 e. The molecule has 0 aliphatic carbocycles. The van der Waals surface area contributed by atoms with Gasteiger partial charge in [-0.25, -0.2) is 15.0 Å². The number of benzene rings is 8. The van der Waals surface area contributed by atoms with E-state index in [9.17, 15) is 1.37 Å². The molecule has 3 heterocycles. The molecule has 54 heavy (non-hydrogen) atoms. The molecule has 0 aliphatic rings. The summed E-state index contributed by atoms with van der Waals surface area (Å²) >= 11 is 1.72. The summed E-state index contributed by atoms with van der Waals surface area (Å²) < 4.78 is 87.1. The number of nitrogens with zero attached hydrogens (tertiary/aromatic N) is 3. The van der Waals surface area contributed by atoms with Crippen LogP contribution in [0.25, 0.3) is 109 Å². The first-order valence-corrected chi connectivity index (χ1v) is 18.1. The molecule has 0 bridgehead atoms. The molecule has 4 nitrogen and oxygen atoms in total. The van der Waals surface area contributed by atoms with Crippen LogP contribution in [0.5, 0.6) is 0 Å². The highest BCUT2D eigenvalue weighted by Crippen LogP contribution is 2.43. The SMILES string of the molecule is [2H]c1c([2H])c([2H])c2c(c1[2H])c([2H])c([2H])c1c2oc2c([2H])c(-c3ccc(-c4nc(-c5ccccc5)nc(-c5cc(-c6ccccc6)c6c(c5)sc5ccccc56)n4)cc3)c([2H])c([2H])c21. The minimum Gasteiger partial charge on any atom is -0.455 e. The van der Waals surface area contributed by atoms with Gasteiger partial charge in [0.1, 0.15) is 11.2 Å². The number of hydrogen-bond acceptors (Lipinski definition) is 5. The maximum absolute atomic E-state index is 9.30. The summed E-state index contributed by atoms with van der Waals surface area (Å²) in [4.78, 5) is 15.0. The normalized spacial score (nSPS) is 14.0. The molecule has 0 fully saturated rings. The average Bonchev–Trinajstić information content (AvgIpc) is 3.91. The summed E-state index contributed by atoms with van der Waals surface area (Å²) in [5.74, 6) is 1.37. The molecule has 5 heteroatoms. The lowest BCUT2D eigenvalue weighted by Gasteiger charge is -2.11. The van der Waals surface area contributed by atoms with E-state index < -0.39 is 36.3 Å². The fourth-order valence-corrected chi connectivity index (χ4v) is 8.19. The second kappa shape index (κ2) is 12.3. The zero-order chi connectivity index (χ0) is 43.4. The lowest BCUT2D eigenvalue weighted by molar-refractivity contribution is 0.673. The van der Waals surface area contributed by atoms with Crippen LogP contribution in [0.15, 0.2) is 180 Å². The van der Waals surface area contributed by atoms with Gasteiger partial charge in [0, 0.05) is 53.0 Å². The fourth-order valence-electron chi connectivity index (χ4n) is 7.01. The molecule has 0 aliphatic heterocycles. The number of fused-ring (bicyclic) bond motifs is 8. The van der Waals surface area contributed by atoms with E-state index in [0.717, 1.165) is 27.0 Å². The van der Waals surface area contributed by atoms with Crippen LogP contribution in [0.4, 0.5) is 0 Å². The minimum absolute atomic E-state index is 0.0383. The molecule has 0 atom stereocenters. The van der Waals surface area contributed by atoms with Crippen LogP contribution in [0.2, 0.25) is 0 Å². The summed E-state index contributed by atoms with van der Waals surface area (Å²) in [6, 6.07) is 35.8. The maximum atomic E-state index is 9.30. The Morgan fingerprint density at radius 3 is 1.91 bits per heavy atom. The molecular weight excluding hydrogens is 679 g/mol. The molecule has 0 saturated carbocycles. The number of aromatic nitrogens is 3. The molecule has 0 amide bonds. The number of furan rings is 1. The third kappa shape index (κ3) is 5.09. The molecule has 3 aromatic heterocycles. The van der Waals surface area contributed by atoms with Crippen molar-refractivity contribution in [1.82, 2.24) is 15.0 Å². The van der Waals surface area contributed by atoms with E-state index in [4.69, 9.17) is 30.3 Å². The number of rotatable bonds is 5. The first kappa shape index (κ1) is 22.9. The number of hydrogen-bond donors (Lipinski definition) is 0. The first-order chi connectivity index (χ1) is 30.5. The van der Waals surface area contributed by atoms with E-state index in [1.165, 1.54) is 15.5 Å². The second-order valence-corrected chi connectivity index (χ2v) is 14.0. The van der Waals surface area contributed by atoms with E-state index in [1.54, 1.807) is 35.6 Å². The van der Waals surface area contributed by atoms with Gasteiger partial charge in [0.05, 0.1) is 12.3 Å². The predicted molar refractivity (Wildman–Crippen MR) is 225 cm³/mol. The van der Waals surface area contributed by atoms with Gasteiger partial charge in [-0.15, -0.1) is 11.3 Å². The van der Waals surface area contributed by atoms with Gasteiger partial charge < -0.3 is 4.42 Å². The van der Waals surface area contributed by atoms with E-state index in [0.29, 0.717) is 28.6 Å². The Balaban J connectivity index is 1.07. The Morgan fingerprint density at radius 2 is 1.11 bits per heavy atom. The third-order valence-corrected chi connectivity index (χ3v) is 10.7. The van der Waals surface area contributed by atoms with Crippen LogP contribution in [-0.4, -0.2) is 15.0 Å². The first-order valence-electron chi connectivity index (χ1n) is 21.8. The summed E-state index contributed by atoms with van der Waals surface area (Å²) in [5.41, 5.74) is 4.67. The molecule has 11 rings (SSSR count). The van der Waals surface area contributed by atoms with Crippen molar-refractivity contribution in [3.05, 3.63) is 176 Å². The highest BCUT2D eigenvalue weighted by atomic mass is 32.1. The Kier molecular flexibility index (Phi) is 5.22. The van der Waals surface area contributed by atoms with E-state index in [-0.39, 0.29) is 56.4 Å². The standard InChI is InChI=1S/C49H29N3OS/c1-3-11-31(12-4-1)41-27-36(29-44-45(41)40-17-9-10-18-43(40)54-44)49-51-47(33-14-5-2-6-15-33)50-48(52-49)34-21-19-30(20-22-34)35-24-25-38-39-26-23-32-13-7-8-16-37(32)46(39)53-42(38)28-35/h1-29H/i7D,8D,13D,16D,23D,24D,25D,26D,28D. The minimum atomic E-state index is -0.548. The van der Waals surface area contributed by atoms with Gasteiger partial charge in [-0.2, -0.15) is 0 Å². The van der Waals surface area contributed by atoms with Crippen molar-refractivity contribution in [2.24, 2.45) is 0 Å². The monoisotopic (exact) mass is 716 g/mol. The lowest BCUT2D eigenvalue weighted by Crippen LogP contribution is -2.00. The highest BCUT2D eigenvalue weighted by molar-refractivity contribution is 7.26. The fraction of sp³-hybridized carbons (Fsp3) is 0. The highest BCUT2D eigenvalue weighted by Gasteiger charge is 2.18. The summed E-state index contributed by atoms with van der Waals surface area (Å²) in [6.07, 6.45) is 0. The molecule has 0 N–H and O–H groups in total. The van der Waals surface area contributed by atoms with Gasteiger partial charge in [-0.1, -0.05) is 139 Å². The maximum Gasteiger partial charge on any atom is 0.164 e. The number of thiophene rings is 1. The molecule has 11 aromatic rings. The van der Waals surface area contributed by atoms with E-state index in [2.05, 4.69) is 42.5 Å². The summed E-state index contributed by atoms with van der Waals surface area (Å²) in [6.45, 7) is 0. The van der Waals surface area contributed by atoms with Crippen LogP contribution in [-0.2, 0) is 0 Å². The van der Waals surface area contributed by atoms with Crippen LogP contribution in [0.3, 0.4) is 0 Å². The second-order valence-electron chi connectivity index (χ2n) is 12.9. The van der Waals surface area contributed by atoms with Gasteiger partial charge in [0.2, 0.25) is 0 Å². The average molecular weight is 717 g/mol. The van der Waals surface area contributed by atoms with Gasteiger partial charge in [0.15, 0.2) is 17.5 Å². The lowest BCUT2D eigenvalue weighted by atomic mass is 9.97. The molecule has 0 spiro atoms. The van der Waals surface area contributed by atoms with Crippen molar-refractivity contribution in [3.63, 3.8) is 0 Å². The Bertz CT molecular complexity index is 3730. The molecule has 8 aromatic carbocycles. The van der Waals surface area contributed by atoms with Crippen LogP contribution in [0, 0.1) is 0 Å². The van der Waals surface area contributed by atoms with E-state index in [1.807, 2.05) is 54.6 Å². The van der Waals surface area contributed by atoms with Crippen molar-refractivity contribution in [1.29, 1.82) is 0 Å². The summed E-state index contributed by atoms with van der Waals surface area (Å²) in [5, 5.41) is 1.95. The van der Waals surface area contributed by atoms with Gasteiger partial charge in [-0.05, 0) is 64.0 Å². The topological polar surface area (TPSA) is 51.8 Å². The molecule has 0 saturated heterocycles. The predicted octanol–water partition coefficient (Wildman–Crippen LogP) is 13.6. The van der Waals surface area contributed by atoms with Crippen LogP contribution in [0.1, 0.15) is 12.3 Å². The van der Waals surface area contributed by atoms with Crippen LogP contribution < -0.4 is 0 Å². The van der Waals surface area contributed by atoms with E-state index >= 15 is 0 Å². The zero-order valence-corrected chi connectivity index (χ0v) is 29.0. The molecule has 0 unspecified atom stereocenters. The third-order valence-electron chi connectivity index (χ3n) is 9.61. The summed E-state index contributed by atoms with van der Waals surface area (Å²) in [7, 11) is 0. The van der Waals surface area contributed by atoms with Crippen molar-refractivity contribution < 1.29 is 16.8 Å². The Labute approximate surface area is 327 Å². The Morgan fingerprint density at radius 1 is 0.463 bits per heavy atom. The molecule has 252 valence electrons. The van der Waals surface area contributed by atoms with Gasteiger partial charge in [-0.3, -0.25) is 0 Å². The molecule has 0 radical (unpaired) electrons. The van der Waals surface area contributed by atoms with Crippen molar-refractivity contribution in [2.75, 3.05) is 0 Å². The van der Waals surface area contributed by atoms with Gasteiger partial charge in [0.25, 0.3) is 0 Å². The Hall–Kier alpha value is -6.95. The quantitative estimate of drug-likeness (QED) is 0.178. The zero-order valence-electron chi connectivity index (χ0n) is 37.2. The van der Waals surface area contributed by atoms with Crippen LogP contribution >= 0.6 is 11.3 Å².